The minimum Gasteiger partial charge on any atom is -0.324 e. The maximum atomic E-state index is 13.0. The summed E-state index contributed by atoms with van der Waals surface area (Å²) in [6.45, 7) is 3.13. The molecular formula is C23H21N5O3S. The molecule has 8 nitrogen and oxygen atoms in total. The Morgan fingerprint density at radius 2 is 1.81 bits per heavy atom. The zero-order chi connectivity index (χ0) is 22.7. The van der Waals surface area contributed by atoms with E-state index in [-0.39, 0.29) is 6.54 Å². The molecule has 0 radical (unpaired) electrons. The number of aryl methyl sites for hydroxylation is 1. The number of hydrogen-bond acceptors (Lipinski definition) is 6. The van der Waals surface area contributed by atoms with Crippen molar-refractivity contribution in [1.82, 2.24) is 20.2 Å². The van der Waals surface area contributed by atoms with Crippen molar-refractivity contribution in [1.29, 1.82) is 0 Å². The van der Waals surface area contributed by atoms with Gasteiger partial charge >= 0.3 is 6.03 Å². The largest absolute Gasteiger partial charge is 0.325 e. The van der Waals surface area contributed by atoms with E-state index in [2.05, 4.69) is 20.6 Å². The Bertz CT molecular complexity index is 1170. The van der Waals surface area contributed by atoms with E-state index >= 15 is 0 Å². The highest BCUT2D eigenvalue weighted by atomic mass is 32.2. The number of anilines is 1. The lowest BCUT2D eigenvalue weighted by molar-refractivity contribution is -0.133. The maximum absolute atomic E-state index is 13.0. The minimum absolute atomic E-state index is 0.374. The number of nitrogens with zero attached hydrogens (tertiary/aromatic N) is 3. The first-order valence-electron chi connectivity index (χ1n) is 9.92. The predicted octanol–water partition coefficient (Wildman–Crippen LogP) is 3.34. The first kappa shape index (κ1) is 21.5. The molecule has 0 spiro atoms. The Balaban J connectivity index is 1.42. The van der Waals surface area contributed by atoms with Gasteiger partial charge in [-0.2, -0.15) is 0 Å². The molecule has 1 atom stereocenters. The second-order valence-electron chi connectivity index (χ2n) is 7.47. The molecule has 0 aliphatic carbocycles. The van der Waals surface area contributed by atoms with Crippen molar-refractivity contribution in [3.63, 3.8) is 0 Å². The molecule has 32 heavy (non-hydrogen) atoms. The molecule has 0 saturated carbocycles. The highest BCUT2D eigenvalue weighted by Gasteiger charge is 2.49. The SMILES string of the molecule is Cc1cc(Sc2ncccn2)ccc1NC(=O)CN1C(=O)NC(C)(c2ccccc2)C1=O. The molecule has 3 aromatic rings. The van der Waals surface area contributed by atoms with Crippen LogP contribution in [0.2, 0.25) is 0 Å². The lowest BCUT2D eigenvalue weighted by Gasteiger charge is -2.22. The Labute approximate surface area is 189 Å². The molecule has 1 fully saturated rings. The molecule has 4 rings (SSSR count). The summed E-state index contributed by atoms with van der Waals surface area (Å²) in [7, 11) is 0. The number of amides is 4. The summed E-state index contributed by atoms with van der Waals surface area (Å²) in [6, 6.07) is 15.7. The van der Waals surface area contributed by atoms with E-state index in [0.717, 1.165) is 15.4 Å². The van der Waals surface area contributed by atoms with E-state index in [0.29, 0.717) is 16.4 Å². The molecule has 1 unspecified atom stereocenters. The van der Waals surface area contributed by atoms with Crippen molar-refractivity contribution < 1.29 is 14.4 Å². The predicted molar refractivity (Wildman–Crippen MR) is 120 cm³/mol. The van der Waals surface area contributed by atoms with Gasteiger partial charge in [0.1, 0.15) is 12.1 Å². The van der Waals surface area contributed by atoms with Gasteiger partial charge in [0, 0.05) is 23.0 Å². The fraction of sp³-hybridized carbons (Fsp3) is 0.174. The van der Waals surface area contributed by atoms with Crippen LogP contribution in [0.5, 0.6) is 0 Å². The van der Waals surface area contributed by atoms with Gasteiger partial charge in [-0.15, -0.1) is 0 Å². The van der Waals surface area contributed by atoms with Crippen LogP contribution in [0.25, 0.3) is 0 Å². The van der Waals surface area contributed by atoms with Gasteiger partial charge in [0.25, 0.3) is 5.91 Å². The lowest BCUT2D eigenvalue weighted by atomic mass is 9.92. The highest BCUT2D eigenvalue weighted by molar-refractivity contribution is 7.99. The molecule has 1 aromatic heterocycles. The van der Waals surface area contributed by atoms with Crippen molar-refractivity contribution in [2.24, 2.45) is 0 Å². The summed E-state index contributed by atoms with van der Waals surface area (Å²) < 4.78 is 0. The fourth-order valence-electron chi connectivity index (χ4n) is 3.42. The second-order valence-corrected chi connectivity index (χ2v) is 8.51. The van der Waals surface area contributed by atoms with Crippen molar-refractivity contribution in [3.8, 4) is 0 Å². The van der Waals surface area contributed by atoms with Crippen LogP contribution in [0.1, 0.15) is 18.1 Å². The number of nitrogens with one attached hydrogen (secondary N) is 2. The average molecular weight is 448 g/mol. The van der Waals surface area contributed by atoms with E-state index < -0.39 is 23.4 Å². The van der Waals surface area contributed by atoms with E-state index in [4.69, 9.17) is 0 Å². The summed E-state index contributed by atoms with van der Waals surface area (Å²) in [5.41, 5.74) is 0.900. The third-order valence-corrected chi connectivity index (χ3v) is 6.03. The van der Waals surface area contributed by atoms with Gasteiger partial charge in [0.15, 0.2) is 5.16 Å². The van der Waals surface area contributed by atoms with Gasteiger partial charge < -0.3 is 10.6 Å². The Kier molecular flexibility index (Phi) is 5.91. The zero-order valence-corrected chi connectivity index (χ0v) is 18.3. The minimum atomic E-state index is -1.20. The molecular weight excluding hydrogens is 426 g/mol. The molecule has 1 saturated heterocycles. The molecule has 2 aromatic carbocycles. The average Bonchev–Trinajstić information content (AvgIpc) is 3.01. The van der Waals surface area contributed by atoms with Crippen molar-refractivity contribution in [2.45, 2.75) is 29.4 Å². The number of rotatable bonds is 6. The summed E-state index contributed by atoms with van der Waals surface area (Å²) in [4.78, 5) is 48.3. The highest BCUT2D eigenvalue weighted by Crippen LogP contribution is 2.30. The Morgan fingerprint density at radius 3 is 2.50 bits per heavy atom. The third kappa shape index (κ3) is 4.33. The monoisotopic (exact) mass is 447 g/mol. The van der Waals surface area contributed by atoms with Crippen molar-refractivity contribution >= 4 is 35.3 Å². The number of imide groups is 1. The molecule has 162 valence electrons. The molecule has 9 heteroatoms. The van der Waals surface area contributed by atoms with Crippen molar-refractivity contribution in [3.05, 3.63) is 78.1 Å². The Morgan fingerprint density at radius 1 is 1.09 bits per heavy atom. The quantitative estimate of drug-likeness (QED) is 0.444. The number of urea groups is 1. The topological polar surface area (TPSA) is 104 Å². The van der Waals surface area contributed by atoms with Crippen LogP contribution in [0.3, 0.4) is 0 Å². The summed E-state index contributed by atoms with van der Waals surface area (Å²) in [5, 5.41) is 6.11. The van der Waals surface area contributed by atoms with E-state index in [1.807, 2.05) is 25.1 Å². The van der Waals surface area contributed by atoms with Gasteiger partial charge in [-0.05, 0) is 61.0 Å². The molecule has 1 aliphatic rings. The number of aromatic nitrogens is 2. The van der Waals surface area contributed by atoms with Crippen LogP contribution in [-0.2, 0) is 15.1 Å². The molecule has 2 N–H and O–H groups in total. The number of carbonyl (C=O) groups is 3. The van der Waals surface area contributed by atoms with Gasteiger partial charge in [-0.25, -0.2) is 14.8 Å². The van der Waals surface area contributed by atoms with Gasteiger partial charge in [-0.1, -0.05) is 30.3 Å². The fourth-order valence-corrected chi connectivity index (χ4v) is 4.23. The maximum Gasteiger partial charge on any atom is 0.325 e. The second kappa shape index (κ2) is 8.80. The van der Waals surface area contributed by atoms with Gasteiger partial charge in [-0.3, -0.25) is 14.5 Å². The van der Waals surface area contributed by atoms with Gasteiger partial charge in [0.05, 0.1) is 0 Å². The van der Waals surface area contributed by atoms with Crippen LogP contribution in [0.15, 0.2) is 77.0 Å². The third-order valence-electron chi connectivity index (χ3n) is 5.15. The lowest BCUT2D eigenvalue weighted by Crippen LogP contribution is -2.42. The molecule has 2 heterocycles. The van der Waals surface area contributed by atoms with Crippen LogP contribution in [-0.4, -0.2) is 39.3 Å². The molecule has 0 bridgehead atoms. The smallest absolute Gasteiger partial charge is 0.324 e. The normalized spacial score (nSPS) is 17.9. The first-order valence-corrected chi connectivity index (χ1v) is 10.7. The summed E-state index contributed by atoms with van der Waals surface area (Å²) >= 11 is 1.41. The van der Waals surface area contributed by atoms with Crippen LogP contribution in [0, 0.1) is 6.92 Å². The molecule has 4 amide bonds. The van der Waals surface area contributed by atoms with Crippen LogP contribution >= 0.6 is 11.8 Å². The van der Waals surface area contributed by atoms with E-state index in [1.165, 1.54) is 11.8 Å². The number of carbonyl (C=O) groups excluding carboxylic acids is 3. The van der Waals surface area contributed by atoms with E-state index in [1.54, 1.807) is 55.7 Å². The van der Waals surface area contributed by atoms with Crippen LogP contribution in [0.4, 0.5) is 10.5 Å². The first-order chi connectivity index (χ1) is 15.4. The zero-order valence-electron chi connectivity index (χ0n) is 17.5. The van der Waals surface area contributed by atoms with Crippen molar-refractivity contribution in [2.75, 3.05) is 11.9 Å². The summed E-state index contributed by atoms with van der Waals surface area (Å²) in [6.07, 6.45) is 3.35. The Hall–Kier alpha value is -3.72. The number of hydrogen-bond donors (Lipinski definition) is 2. The van der Waals surface area contributed by atoms with E-state index in [9.17, 15) is 14.4 Å². The molecule has 1 aliphatic heterocycles. The van der Waals surface area contributed by atoms with Gasteiger partial charge in [0.2, 0.25) is 5.91 Å². The standard InChI is InChI=1S/C23H21N5O3S/c1-15-13-17(32-21-24-11-6-12-25-21)9-10-18(15)26-19(29)14-28-20(30)23(2,27-22(28)31)16-7-4-3-5-8-16/h3-13H,14H2,1-2H3,(H,26,29)(H,27,31). The summed E-state index contributed by atoms with van der Waals surface area (Å²) in [5.74, 6) is -0.920. The number of benzene rings is 2. The van der Waals surface area contributed by atoms with Crippen LogP contribution < -0.4 is 10.6 Å².